The third kappa shape index (κ3) is 1.56. The Morgan fingerprint density at radius 2 is 2.00 bits per heavy atom. The number of rotatable bonds is 0. The molecule has 0 saturated heterocycles. The lowest BCUT2D eigenvalue weighted by Crippen LogP contribution is -2.01. The van der Waals surface area contributed by atoms with Crippen molar-refractivity contribution < 1.29 is 4.79 Å². The summed E-state index contributed by atoms with van der Waals surface area (Å²) >= 11 is 3.58. The Balaban J connectivity index is 2.43. The Bertz CT molecular complexity index is 612. The highest BCUT2D eigenvalue weighted by Gasteiger charge is 2.23. The second-order valence-corrected chi connectivity index (χ2v) is 5.50. The van der Waals surface area contributed by atoms with Crippen molar-refractivity contribution >= 4 is 32.6 Å². The summed E-state index contributed by atoms with van der Waals surface area (Å²) in [6, 6.07) is 6.10. The molecule has 0 saturated carbocycles. The number of para-hydroxylation sites is 1. The van der Waals surface area contributed by atoms with Crippen LogP contribution in [0.5, 0.6) is 0 Å². The van der Waals surface area contributed by atoms with E-state index >= 15 is 0 Å². The van der Waals surface area contributed by atoms with Gasteiger partial charge in [-0.3, -0.25) is 4.79 Å². The predicted molar refractivity (Wildman–Crippen MR) is 72.5 cm³/mol. The second kappa shape index (κ2) is 3.98. The molecule has 0 fully saturated rings. The number of nitrogens with zero attached hydrogens (tertiary/aromatic N) is 1. The van der Waals surface area contributed by atoms with E-state index in [0.29, 0.717) is 12.2 Å². The number of hydrogen-bond acceptors (Lipinski definition) is 1. The molecule has 1 heterocycles. The van der Waals surface area contributed by atoms with Gasteiger partial charge in [0.15, 0.2) is 5.78 Å². The van der Waals surface area contributed by atoms with Gasteiger partial charge in [0, 0.05) is 34.6 Å². The largest absolute Gasteiger partial charge is 0.346 e. The summed E-state index contributed by atoms with van der Waals surface area (Å²) in [5.41, 5.74) is 3.31. The molecule has 0 radical (unpaired) electrons. The van der Waals surface area contributed by atoms with Gasteiger partial charge in [-0.25, -0.2) is 0 Å². The molecule has 2 nitrogen and oxygen atoms in total. The number of benzene rings is 1. The van der Waals surface area contributed by atoms with E-state index in [9.17, 15) is 4.79 Å². The number of Topliss-reactive ketones (excluding diaryl/α,β-unsaturated/α-hetero) is 1. The van der Waals surface area contributed by atoms with Crippen molar-refractivity contribution in [3.8, 4) is 0 Å². The Morgan fingerprint density at radius 1 is 1.24 bits per heavy atom. The van der Waals surface area contributed by atoms with Crippen molar-refractivity contribution in [1.82, 2.24) is 4.57 Å². The zero-order valence-electron chi connectivity index (χ0n) is 9.79. The summed E-state index contributed by atoms with van der Waals surface area (Å²) in [5.74, 6) is 0.307. The topological polar surface area (TPSA) is 22.0 Å². The number of fused-ring (bicyclic) bond motifs is 3. The molecule has 1 aromatic carbocycles. The van der Waals surface area contributed by atoms with Crippen LogP contribution in [0.3, 0.4) is 0 Å². The third-order valence-corrected chi connectivity index (χ3v) is 4.27. The highest BCUT2D eigenvalue weighted by atomic mass is 79.9. The second-order valence-electron chi connectivity index (χ2n) is 4.65. The number of carbonyl (C=O) groups excluding carboxylic acids is 1. The van der Waals surface area contributed by atoms with Gasteiger partial charge in [0.05, 0.1) is 5.52 Å². The summed E-state index contributed by atoms with van der Waals surface area (Å²) in [5, 5.41) is 1.10. The molecule has 0 spiro atoms. The van der Waals surface area contributed by atoms with Crippen LogP contribution < -0.4 is 0 Å². The van der Waals surface area contributed by atoms with Crippen molar-refractivity contribution in [1.29, 1.82) is 0 Å². The van der Waals surface area contributed by atoms with Crippen molar-refractivity contribution in [2.75, 3.05) is 0 Å². The predicted octanol–water partition coefficient (Wildman–Crippen LogP) is 3.85. The van der Waals surface area contributed by atoms with Crippen LogP contribution in [0.4, 0.5) is 0 Å². The Hall–Kier alpha value is -1.09. The lowest BCUT2D eigenvalue weighted by molar-refractivity contribution is 0.0983. The van der Waals surface area contributed by atoms with Crippen molar-refractivity contribution in [3.05, 3.63) is 33.9 Å². The van der Waals surface area contributed by atoms with Crippen LogP contribution in [-0.2, 0) is 13.5 Å². The quantitative estimate of drug-likeness (QED) is 0.676. The first-order valence-corrected chi connectivity index (χ1v) is 6.78. The van der Waals surface area contributed by atoms with E-state index in [1.165, 1.54) is 5.69 Å². The smallest absolute Gasteiger partial charge is 0.165 e. The first kappa shape index (κ1) is 11.0. The first-order valence-electron chi connectivity index (χ1n) is 5.99. The molecule has 0 bridgehead atoms. The molecule has 88 valence electrons. The number of aryl methyl sites for hydroxylation is 1. The monoisotopic (exact) mass is 291 g/mol. The Morgan fingerprint density at radius 3 is 2.82 bits per heavy atom. The average Bonchev–Trinajstić information content (AvgIpc) is 2.46. The van der Waals surface area contributed by atoms with Crippen LogP contribution in [0.25, 0.3) is 10.9 Å². The van der Waals surface area contributed by atoms with Crippen LogP contribution in [0, 0.1) is 0 Å². The van der Waals surface area contributed by atoms with Crippen LogP contribution in [0.15, 0.2) is 22.7 Å². The average molecular weight is 292 g/mol. The van der Waals surface area contributed by atoms with Crippen LogP contribution >= 0.6 is 15.9 Å². The summed E-state index contributed by atoms with van der Waals surface area (Å²) in [4.78, 5) is 12.2. The highest BCUT2D eigenvalue weighted by Crippen LogP contribution is 2.34. The molecule has 1 aromatic heterocycles. The molecule has 0 unspecified atom stereocenters. The molecular formula is C14H14BrNO. The molecule has 3 rings (SSSR count). The molecule has 0 N–H and O–H groups in total. The summed E-state index contributed by atoms with van der Waals surface area (Å²) in [6.45, 7) is 0. The van der Waals surface area contributed by atoms with Crippen LogP contribution in [0.2, 0.25) is 0 Å². The molecular weight excluding hydrogens is 278 g/mol. The number of hydrogen-bond donors (Lipinski definition) is 0. The molecule has 3 heteroatoms. The van der Waals surface area contributed by atoms with E-state index in [-0.39, 0.29) is 0 Å². The fraction of sp³-hybridized carbons (Fsp3) is 0.357. The van der Waals surface area contributed by atoms with Gasteiger partial charge in [0.25, 0.3) is 0 Å². The van der Waals surface area contributed by atoms with Gasteiger partial charge < -0.3 is 4.57 Å². The summed E-state index contributed by atoms with van der Waals surface area (Å²) in [6.07, 6.45) is 3.83. The van der Waals surface area contributed by atoms with Gasteiger partial charge in [0.2, 0.25) is 0 Å². The zero-order valence-corrected chi connectivity index (χ0v) is 11.4. The fourth-order valence-electron chi connectivity index (χ4n) is 2.82. The van der Waals surface area contributed by atoms with Gasteiger partial charge in [-0.1, -0.05) is 12.1 Å². The summed E-state index contributed by atoms with van der Waals surface area (Å²) in [7, 11) is 2.06. The molecule has 1 aliphatic rings. The zero-order chi connectivity index (χ0) is 12.0. The molecule has 0 atom stereocenters. The lowest BCUT2D eigenvalue weighted by atomic mass is 10.1. The molecule has 0 aliphatic heterocycles. The minimum Gasteiger partial charge on any atom is -0.346 e. The number of ketones is 1. The maximum Gasteiger partial charge on any atom is 0.165 e. The van der Waals surface area contributed by atoms with E-state index in [0.717, 1.165) is 40.2 Å². The number of aromatic nitrogens is 1. The molecule has 17 heavy (non-hydrogen) atoms. The summed E-state index contributed by atoms with van der Waals surface area (Å²) < 4.78 is 3.25. The van der Waals surface area contributed by atoms with Crippen LogP contribution in [0.1, 0.15) is 35.3 Å². The minimum atomic E-state index is 0.307. The van der Waals surface area contributed by atoms with Crippen molar-refractivity contribution in [2.24, 2.45) is 7.05 Å². The maximum atomic E-state index is 12.2. The van der Waals surface area contributed by atoms with Gasteiger partial charge in [-0.2, -0.15) is 0 Å². The van der Waals surface area contributed by atoms with E-state index < -0.39 is 0 Å². The van der Waals surface area contributed by atoms with Crippen molar-refractivity contribution in [3.63, 3.8) is 0 Å². The van der Waals surface area contributed by atoms with Gasteiger partial charge >= 0.3 is 0 Å². The molecule has 1 aliphatic carbocycles. The molecule has 2 aromatic rings. The SMILES string of the molecule is Cn1c2c(c3cccc(Br)c31)C(=O)CCCC2. The van der Waals surface area contributed by atoms with Crippen LogP contribution in [-0.4, -0.2) is 10.4 Å². The Labute approximate surface area is 109 Å². The van der Waals surface area contributed by atoms with E-state index in [1.54, 1.807) is 0 Å². The first-order chi connectivity index (χ1) is 8.20. The highest BCUT2D eigenvalue weighted by molar-refractivity contribution is 9.10. The maximum absolute atomic E-state index is 12.2. The van der Waals surface area contributed by atoms with Crippen molar-refractivity contribution in [2.45, 2.75) is 25.7 Å². The Kier molecular flexibility index (Phi) is 2.58. The number of halogens is 1. The van der Waals surface area contributed by atoms with E-state index in [4.69, 9.17) is 0 Å². The normalized spacial score (nSPS) is 16.0. The van der Waals surface area contributed by atoms with E-state index in [2.05, 4.69) is 33.6 Å². The van der Waals surface area contributed by atoms with Gasteiger partial charge in [0.1, 0.15) is 0 Å². The third-order valence-electron chi connectivity index (χ3n) is 3.63. The molecule has 0 amide bonds. The fourth-order valence-corrected chi connectivity index (χ4v) is 3.46. The number of carbonyl (C=O) groups is 1. The van der Waals surface area contributed by atoms with Gasteiger partial charge in [-0.05, 0) is 41.3 Å². The standard InChI is InChI=1S/C14H14BrNO/c1-16-11-7-2-3-8-12(17)13(11)9-5-4-6-10(15)14(9)16/h4-6H,2-3,7-8H2,1H3. The van der Waals surface area contributed by atoms with E-state index in [1.807, 2.05) is 12.1 Å². The minimum absolute atomic E-state index is 0.307. The van der Waals surface area contributed by atoms with Gasteiger partial charge in [-0.15, -0.1) is 0 Å². The lowest BCUT2D eigenvalue weighted by Gasteiger charge is -2.03.